The van der Waals surface area contributed by atoms with Crippen LogP contribution in [0.1, 0.15) is 0 Å². The molecule has 1 N–H and O–H groups in total. The zero-order valence-electron chi connectivity index (χ0n) is 14.8. The number of nitrogens with zero attached hydrogens (tertiary/aromatic N) is 3. The summed E-state index contributed by atoms with van der Waals surface area (Å²) in [5.41, 5.74) is 1.27. The highest BCUT2D eigenvalue weighted by atomic mass is 35.5. The first kappa shape index (κ1) is 18.1. The van der Waals surface area contributed by atoms with Gasteiger partial charge >= 0.3 is 0 Å². The molecular weight excluding hydrogens is 367 g/mol. The van der Waals surface area contributed by atoms with Crippen molar-refractivity contribution in [1.29, 1.82) is 0 Å². The Bertz CT molecular complexity index is 946. The van der Waals surface area contributed by atoms with Crippen molar-refractivity contribution in [2.45, 2.75) is 0 Å². The Kier molecular flexibility index (Phi) is 5.48. The molecule has 3 aromatic rings. The first-order valence-corrected chi connectivity index (χ1v) is 9.35. The number of aromatic nitrogens is 2. The minimum Gasteiger partial charge on any atom is -0.379 e. The Labute approximate surface area is 162 Å². The third-order valence-corrected chi connectivity index (χ3v) is 4.93. The summed E-state index contributed by atoms with van der Waals surface area (Å²) in [6.45, 7) is 5.02. The molecule has 140 valence electrons. The van der Waals surface area contributed by atoms with Crippen LogP contribution in [0.4, 0.5) is 10.2 Å². The lowest BCUT2D eigenvalue weighted by Crippen LogP contribution is -2.39. The fraction of sp³-hybridized carbons (Fsp3) is 0.300. The molecule has 0 saturated carbocycles. The first-order chi connectivity index (χ1) is 13.2. The van der Waals surface area contributed by atoms with Gasteiger partial charge in [0.1, 0.15) is 11.6 Å². The molecule has 2 aromatic carbocycles. The molecule has 0 aliphatic carbocycles. The monoisotopic (exact) mass is 386 g/mol. The minimum absolute atomic E-state index is 0.328. The standard InChI is InChI=1S/C20H20ClFN4O/c21-17-4-2-1-3-15(17)20-24-18-13-14(22)5-6-16(18)19(25-20)23-7-8-26-9-11-27-12-10-26/h1-6,13H,7-12H2,(H,23,24,25). The fourth-order valence-electron chi connectivity index (χ4n) is 3.16. The highest BCUT2D eigenvalue weighted by Crippen LogP contribution is 2.29. The third-order valence-electron chi connectivity index (χ3n) is 4.60. The van der Waals surface area contributed by atoms with E-state index in [1.165, 1.54) is 12.1 Å². The molecular formula is C20H20ClFN4O. The Morgan fingerprint density at radius 1 is 1.11 bits per heavy atom. The number of morpholine rings is 1. The van der Waals surface area contributed by atoms with Gasteiger partial charge in [0.25, 0.3) is 0 Å². The predicted octanol–water partition coefficient (Wildman–Crippen LogP) is 3.83. The van der Waals surface area contributed by atoms with Crippen LogP contribution in [0.3, 0.4) is 0 Å². The van der Waals surface area contributed by atoms with E-state index in [9.17, 15) is 4.39 Å². The molecule has 1 fully saturated rings. The Morgan fingerprint density at radius 3 is 2.74 bits per heavy atom. The maximum absolute atomic E-state index is 13.8. The number of hydrogen-bond donors (Lipinski definition) is 1. The first-order valence-electron chi connectivity index (χ1n) is 8.97. The molecule has 1 aromatic heterocycles. The van der Waals surface area contributed by atoms with Gasteiger partial charge in [0.2, 0.25) is 0 Å². The van der Waals surface area contributed by atoms with Crippen molar-refractivity contribution < 1.29 is 9.13 Å². The van der Waals surface area contributed by atoms with Crippen molar-refractivity contribution in [3.63, 3.8) is 0 Å². The summed E-state index contributed by atoms with van der Waals surface area (Å²) < 4.78 is 19.1. The molecule has 1 aliphatic heterocycles. The lowest BCUT2D eigenvalue weighted by Gasteiger charge is -2.26. The summed E-state index contributed by atoms with van der Waals surface area (Å²) >= 11 is 6.31. The average Bonchev–Trinajstić information content (AvgIpc) is 2.68. The Hall–Kier alpha value is -2.28. The largest absolute Gasteiger partial charge is 0.379 e. The van der Waals surface area contributed by atoms with Crippen LogP contribution in [0.5, 0.6) is 0 Å². The van der Waals surface area contributed by atoms with Crippen molar-refractivity contribution in [2.24, 2.45) is 0 Å². The summed E-state index contributed by atoms with van der Waals surface area (Å²) in [7, 11) is 0. The van der Waals surface area contributed by atoms with E-state index in [4.69, 9.17) is 16.3 Å². The van der Waals surface area contributed by atoms with Gasteiger partial charge in [0.15, 0.2) is 5.82 Å². The number of fused-ring (bicyclic) bond motifs is 1. The molecule has 0 unspecified atom stereocenters. The lowest BCUT2D eigenvalue weighted by molar-refractivity contribution is 0.0398. The van der Waals surface area contributed by atoms with E-state index in [2.05, 4.69) is 20.2 Å². The number of ether oxygens (including phenoxy) is 1. The highest BCUT2D eigenvalue weighted by molar-refractivity contribution is 6.33. The number of nitrogens with one attached hydrogen (secondary N) is 1. The van der Waals surface area contributed by atoms with Gasteiger partial charge in [-0.05, 0) is 24.3 Å². The fourth-order valence-corrected chi connectivity index (χ4v) is 3.38. The van der Waals surface area contributed by atoms with Crippen LogP contribution < -0.4 is 5.32 Å². The SMILES string of the molecule is Fc1ccc2c(NCCN3CCOCC3)nc(-c3ccccc3Cl)nc2c1. The maximum atomic E-state index is 13.8. The van der Waals surface area contributed by atoms with Gasteiger partial charge in [-0.15, -0.1) is 0 Å². The third kappa shape index (κ3) is 4.18. The molecule has 0 spiro atoms. The van der Waals surface area contributed by atoms with Crippen molar-refractivity contribution in [1.82, 2.24) is 14.9 Å². The summed E-state index contributed by atoms with van der Waals surface area (Å²) in [5.74, 6) is 0.835. The second kappa shape index (κ2) is 8.17. The average molecular weight is 387 g/mol. The summed E-state index contributed by atoms with van der Waals surface area (Å²) in [5, 5.41) is 4.73. The topological polar surface area (TPSA) is 50.3 Å². The zero-order valence-corrected chi connectivity index (χ0v) is 15.5. The van der Waals surface area contributed by atoms with Gasteiger partial charge in [0, 0.05) is 43.2 Å². The van der Waals surface area contributed by atoms with Crippen molar-refractivity contribution in [3.8, 4) is 11.4 Å². The normalized spacial score (nSPS) is 15.2. The predicted molar refractivity (Wildman–Crippen MR) is 106 cm³/mol. The van der Waals surface area contributed by atoms with Gasteiger partial charge in [-0.25, -0.2) is 14.4 Å². The number of anilines is 1. The molecule has 2 heterocycles. The second-order valence-corrected chi connectivity index (χ2v) is 6.83. The van der Waals surface area contributed by atoms with Crippen molar-refractivity contribution >= 4 is 28.3 Å². The van der Waals surface area contributed by atoms with E-state index in [-0.39, 0.29) is 5.82 Å². The maximum Gasteiger partial charge on any atom is 0.163 e. The van der Waals surface area contributed by atoms with E-state index in [1.54, 1.807) is 12.1 Å². The van der Waals surface area contributed by atoms with E-state index in [0.29, 0.717) is 22.2 Å². The van der Waals surface area contributed by atoms with E-state index < -0.39 is 0 Å². The lowest BCUT2D eigenvalue weighted by atomic mass is 10.1. The van der Waals surface area contributed by atoms with Gasteiger partial charge in [0.05, 0.1) is 23.8 Å². The van der Waals surface area contributed by atoms with E-state index >= 15 is 0 Å². The molecule has 0 atom stereocenters. The summed E-state index contributed by atoms with van der Waals surface area (Å²) in [4.78, 5) is 11.5. The number of hydrogen-bond acceptors (Lipinski definition) is 5. The van der Waals surface area contributed by atoms with Gasteiger partial charge in [-0.2, -0.15) is 0 Å². The van der Waals surface area contributed by atoms with Crippen LogP contribution in [0, 0.1) is 5.82 Å². The number of benzene rings is 2. The molecule has 1 saturated heterocycles. The van der Waals surface area contributed by atoms with E-state index in [1.807, 2.05) is 18.2 Å². The quantitative estimate of drug-likeness (QED) is 0.722. The Morgan fingerprint density at radius 2 is 1.93 bits per heavy atom. The zero-order chi connectivity index (χ0) is 18.6. The van der Waals surface area contributed by atoms with Crippen LogP contribution in [0.25, 0.3) is 22.3 Å². The van der Waals surface area contributed by atoms with Crippen LogP contribution in [-0.4, -0.2) is 54.3 Å². The molecule has 7 heteroatoms. The molecule has 4 rings (SSSR count). The number of halogens is 2. The Balaban J connectivity index is 1.64. The van der Waals surface area contributed by atoms with Crippen molar-refractivity contribution in [2.75, 3.05) is 44.7 Å². The van der Waals surface area contributed by atoms with Crippen LogP contribution in [0.2, 0.25) is 5.02 Å². The van der Waals surface area contributed by atoms with E-state index in [0.717, 1.165) is 50.3 Å². The van der Waals surface area contributed by atoms with Gasteiger partial charge in [-0.1, -0.05) is 23.7 Å². The molecule has 1 aliphatic rings. The minimum atomic E-state index is -0.328. The van der Waals surface area contributed by atoms with Crippen LogP contribution >= 0.6 is 11.6 Å². The second-order valence-electron chi connectivity index (χ2n) is 6.42. The van der Waals surface area contributed by atoms with Gasteiger partial charge < -0.3 is 10.1 Å². The molecule has 0 radical (unpaired) electrons. The molecule has 0 amide bonds. The van der Waals surface area contributed by atoms with Crippen LogP contribution in [-0.2, 0) is 4.74 Å². The molecule has 27 heavy (non-hydrogen) atoms. The summed E-state index contributed by atoms with van der Waals surface area (Å²) in [6, 6.07) is 11.9. The smallest absolute Gasteiger partial charge is 0.163 e. The van der Waals surface area contributed by atoms with Gasteiger partial charge in [-0.3, -0.25) is 4.90 Å². The number of rotatable bonds is 5. The van der Waals surface area contributed by atoms with Crippen molar-refractivity contribution in [3.05, 3.63) is 53.3 Å². The summed E-state index contributed by atoms with van der Waals surface area (Å²) in [6.07, 6.45) is 0. The highest BCUT2D eigenvalue weighted by Gasteiger charge is 2.14. The molecule has 5 nitrogen and oxygen atoms in total. The molecule has 0 bridgehead atoms. The van der Waals surface area contributed by atoms with Crippen LogP contribution in [0.15, 0.2) is 42.5 Å².